The molecule has 1 heterocycles. The molecule has 3 heteroatoms. The van der Waals surface area contributed by atoms with Gasteiger partial charge in [-0.05, 0) is 50.5 Å². The second kappa shape index (κ2) is 4.34. The summed E-state index contributed by atoms with van der Waals surface area (Å²) in [4.78, 5) is 0. The number of hydrogen-bond donors (Lipinski definition) is 2. The van der Waals surface area contributed by atoms with E-state index < -0.39 is 0 Å². The Labute approximate surface area is 97.0 Å². The molecule has 1 aliphatic rings. The predicted octanol–water partition coefficient (Wildman–Crippen LogP) is 2.56. The topological polar surface area (TPSA) is 47.3 Å². The summed E-state index contributed by atoms with van der Waals surface area (Å²) in [6, 6.07) is 5.94. The van der Waals surface area contributed by atoms with Crippen molar-refractivity contribution in [2.75, 3.05) is 24.2 Å². The normalized spacial score (nSPS) is 24.6. The summed E-state index contributed by atoms with van der Waals surface area (Å²) in [5.74, 6) is 0. The smallest absolute Gasteiger partial charge is 0.0826 e. The van der Waals surface area contributed by atoms with Crippen molar-refractivity contribution >= 4 is 11.4 Å². The molecule has 3 nitrogen and oxygen atoms in total. The molecule has 1 aromatic carbocycles. The van der Waals surface area contributed by atoms with Crippen LogP contribution in [0.5, 0.6) is 0 Å². The highest BCUT2D eigenvalue weighted by atomic mass is 16.5. The highest BCUT2D eigenvalue weighted by molar-refractivity contribution is 5.57. The molecule has 88 valence electrons. The standard InChI is InChI=1S/C13H20N2O/c1-10-8-11(14)4-5-12(10)15-9-13(2)6-3-7-16-13/h4-5,8,15H,3,6-7,9,14H2,1-2H3. The molecule has 0 aliphatic carbocycles. The van der Waals surface area contributed by atoms with Gasteiger partial charge in [0.1, 0.15) is 0 Å². The number of benzene rings is 1. The zero-order valence-corrected chi connectivity index (χ0v) is 10.0. The quantitative estimate of drug-likeness (QED) is 0.770. The number of aryl methyl sites for hydroxylation is 1. The minimum atomic E-state index is -0.00612. The van der Waals surface area contributed by atoms with Crippen molar-refractivity contribution in [2.45, 2.75) is 32.3 Å². The van der Waals surface area contributed by atoms with Gasteiger partial charge in [-0.25, -0.2) is 0 Å². The molecule has 0 bridgehead atoms. The molecule has 1 aliphatic heterocycles. The first-order valence-corrected chi connectivity index (χ1v) is 5.83. The van der Waals surface area contributed by atoms with Crippen molar-refractivity contribution < 1.29 is 4.74 Å². The van der Waals surface area contributed by atoms with Crippen LogP contribution in [-0.4, -0.2) is 18.8 Å². The van der Waals surface area contributed by atoms with E-state index in [9.17, 15) is 0 Å². The highest BCUT2D eigenvalue weighted by Gasteiger charge is 2.29. The van der Waals surface area contributed by atoms with Gasteiger partial charge in [-0.2, -0.15) is 0 Å². The van der Waals surface area contributed by atoms with Gasteiger partial charge in [0.05, 0.1) is 5.60 Å². The molecule has 0 amide bonds. The second-order valence-electron chi connectivity index (χ2n) is 4.83. The van der Waals surface area contributed by atoms with Crippen LogP contribution in [0.2, 0.25) is 0 Å². The summed E-state index contributed by atoms with van der Waals surface area (Å²) < 4.78 is 5.74. The molecule has 0 saturated carbocycles. The lowest BCUT2D eigenvalue weighted by atomic mass is 10.0. The minimum Gasteiger partial charge on any atom is -0.399 e. The summed E-state index contributed by atoms with van der Waals surface area (Å²) in [6.45, 7) is 5.98. The maximum atomic E-state index is 5.74. The summed E-state index contributed by atoms with van der Waals surface area (Å²) in [6.07, 6.45) is 2.30. The van der Waals surface area contributed by atoms with Crippen molar-refractivity contribution in [2.24, 2.45) is 0 Å². The van der Waals surface area contributed by atoms with Gasteiger partial charge in [-0.15, -0.1) is 0 Å². The average molecular weight is 220 g/mol. The third kappa shape index (κ3) is 2.47. The Balaban J connectivity index is 1.99. The summed E-state index contributed by atoms with van der Waals surface area (Å²) in [7, 11) is 0. The van der Waals surface area contributed by atoms with Gasteiger partial charge in [0.25, 0.3) is 0 Å². The molecule has 1 saturated heterocycles. The molecule has 2 rings (SSSR count). The van der Waals surface area contributed by atoms with Gasteiger partial charge in [-0.3, -0.25) is 0 Å². The molecule has 1 fully saturated rings. The second-order valence-corrected chi connectivity index (χ2v) is 4.83. The van der Waals surface area contributed by atoms with Crippen molar-refractivity contribution in [3.63, 3.8) is 0 Å². The number of nitrogens with one attached hydrogen (secondary N) is 1. The number of hydrogen-bond acceptors (Lipinski definition) is 3. The Hall–Kier alpha value is -1.22. The minimum absolute atomic E-state index is 0.00612. The van der Waals surface area contributed by atoms with E-state index in [-0.39, 0.29) is 5.60 Å². The fraction of sp³-hybridized carbons (Fsp3) is 0.538. The van der Waals surface area contributed by atoms with E-state index in [1.54, 1.807) is 0 Å². The lowest BCUT2D eigenvalue weighted by Crippen LogP contribution is -2.32. The number of anilines is 2. The van der Waals surface area contributed by atoms with E-state index in [1.807, 2.05) is 18.2 Å². The Morgan fingerprint density at radius 2 is 2.31 bits per heavy atom. The molecular weight excluding hydrogens is 200 g/mol. The van der Waals surface area contributed by atoms with E-state index in [0.29, 0.717) is 0 Å². The van der Waals surface area contributed by atoms with Crippen molar-refractivity contribution in [3.05, 3.63) is 23.8 Å². The van der Waals surface area contributed by atoms with Crippen molar-refractivity contribution in [1.82, 2.24) is 0 Å². The largest absolute Gasteiger partial charge is 0.399 e. The van der Waals surface area contributed by atoms with Crippen molar-refractivity contribution in [1.29, 1.82) is 0 Å². The lowest BCUT2D eigenvalue weighted by molar-refractivity contribution is 0.0315. The molecule has 0 spiro atoms. The molecule has 1 unspecified atom stereocenters. The lowest BCUT2D eigenvalue weighted by Gasteiger charge is -2.24. The van der Waals surface area contributed by atoms with Gasteiger partial charge >= 0.3 is 0 Å². The predicted molar refractivity (Wildman–Crippen MR) is 67.7 cm³/mol. The van der Waals surface area contributed by atoms with E-state index in [4.69, 9.17) is 10.5 Å². The molecule has 0 radical (unpaired) electrons. The van der Waals surface area contributed by atoms with E-state index in [1.165, 1.54) is 12.0 Å². The molecule has 0 aromatic heterocycles. The van der Waals surface area contributed by atoms with Gasteiger partial charge in [0, 0.05) is 24.5 Å². The summed E-state index contributed by atoms with van der Waals surface area (Å²) in [5, 5.41) is 3.44. The number of rotatable bonds is 3. The number of ether oxygens (including phenoxy) is 1. The Morgan fingerprint density at radius 1 is 1.50 bits per heavy atom. The monoisotopic (exact) mass is 220 g/mol. The number of nitrogens with two attached hydrogens (primary N) is 1. The maximum absolute atomic E-state index is 5.74. The fourth-order valence-corrected chi connectivity index (χ4v) is 2.14. The maximum Gasteiger partial charge on any atom is 0.0826 e. The third-order valence-corrected chi connectivity index (χ3v) is 3.20. The molecule has 1 aromatic rings. The van der Waals surface area contributed by atoms with Crippen LogP contribution in [0.1, 0.15) is 25.3 Å². The third-order valence-electron chi connectivity index (χ3n) is 3.20. The zero-order chi connectivity index (χ0) is 11.6. The van der Waals surface area contributed by atoms with Crippen LogP contribution in [0.25, 0.3) is 0 Å². The van der Waals surface area contributed by atoms with Crippen LogP contribution in [0.15, 0.2) is 18.2 Å². The first-order valence-electron chi connectivity index (χ1n) is 5.83. The van der Waals surface area contributed by atoms with Crippen LogP contribution >= 0.6 is 0 Å². The highest BCUT2D eigenvalue weighted by Crippen LogP contribution is 2.26. The SMILES string of the molecule is Cc1cc(N)ccc1NCC1(C)CCCO1. The molecule has 3 N–H and O–H groups in total. The fourth-order valence-electron chi connectivity index (χ4n) is 2.14. The molecule has 16 heavy (non-hydrogen) atoms. The van der Waals surface area contributed by atoms with Crippen molar-refractivity contribution in [3.8, 4) is 0 Å². The average Bonchev–Trinajstić information content (AvgIpc) is 2.64. The number of nitrogen functional groups attached to an aromatic ring is 1. The van der Waals surface area contributed by atoms with Crippen LogP contribution in [0.3, 0.4) is 0 Å². The first kappa shape index (κ1) is 11.3. The Kier molecular flexibility index (Phi) is 3.06. The molecular formula is C13H20N2O. The van der Waals surface area contributed by atoms with Gasteiger partial charge in [0.2, 0.25) is 0 Å². The van der Waals surface area contributed by atoms with Gasteiger partial charge in [-0.1, -0.05) is 0 Å². The van der Waals surface area contributed by atoms with Crippen LogP contribution < -0.4 is 11.1 Å². The van der Waals surface area contributed by atoms with E-state index >= 15 is 0 Å². The Bertz CT molecular complexity index is 370. The van der Waals surface area contributed by atoms with Gasteiger partial charge in [0.15, 0.2) is 0 Å². The Morgan fingerprint density at radius 3 is 2.94 bits per heavy atom. The molecule has 1 atom stereocenters. The van der Waals surface area contributed by atoms with Gasteiger partial charge < -0.3 is 15.8 Å². The van der Waals surface area contributed by atoms with Crippen LogP contribution in [0, 0.1) is 6.92 Å². The van der Waals surface area contributed by atoms with E-state index in [2.05, 4.69) is 19.2 Å². The van der Waals surface area contributed by atoms with Crippen LogP contribution in [0.4, 0.5) is 11.4 Å². The zero-order valence-electron chi connectivity index (χ0n) is 10.0. The van der Waals surface area contributed by atoms with E-state index in [0.717, 1.165) is 30.9 Å². The first-order chi connectivity index (χ1) is 7.59. The van der Waals surface area contributed by atoms with Crippen LogP contribution in [-0.2, 0) is 4.74 Å². The summed E-state index contributed by atoms with van der Waals surface area (Å²) in [5.41, 5.74) is 8.85. The summed E-state index contributed by atoms with van der Waals surface area (Å²) >= 11 is 0.